The summed E-state index contributed by atoms with van der Waals surface area (Å²) in [5, 5.41) is 9.42. The van der Waals surface area contributed by atoms with Gasteiger partial charge >= 0.3 is 5.97 Å². The second-order valence-electron chi connectivity index (χ2n) is 3.29. The van der Waals surface area contributed by atoms with Crippen molar-refractivity contribution in [2.24, 2.45) is 0 Å². The maximum Gasteiger partial charge on any atom is 0.312 e. The zero-order valence-electron chi connectivity index (χ0n) is 8.01. The Labute approximate surface area is 91.1 Å². The maximum absolute atomic E-state index is 10.9. The predicted octanol–water partition coefficient (Wildman–Crippen LogP) is 2.18. The molecule has 2 rings (SSSR count). The van der Waals surface area contributed by atoms with Crippen LogP contribution in [0.2, 0.25) is 5.02 Å². The van der Waals surface area contributed by atoms with Crippen molar-refractivity contribution in [2.75, 3.05) is 0 Å². The molecule has 4 nitrogen and oxygen atoms in total. The Morgan fingerprint density at radius 3 is 3.07 bits per heavy atom. The zero-order valence-corrected chi connectivity index (χ0v) is 8.77. The van der Waals surface area contributed by atoms with Crippen molar-refractivity contribution >= 4 is 23.2 Å². The average molecular weight is 225 g/mol. The van der Waals surface area contributed by atoms with Gasteiger partial charge in [0.05, 0.1) is 22.8 Å². The summed E-state index contributed by atoms with van der Waals surface area (Å²) >= 11 is 5.92. The molecule has 0 aromatic carbocycles. The summed E-state index contributed by atoms with van der Waals surface area (Å²) in [6.07, 6.45) is 3.29. The summed E-state index contributed by atoms with van der Waals surface area (Å²) in [5.74, 6) is -1.48. The first kappa shape index (κ1) is 9.98. The molecule has 1 unspecified atom stereocenters. The van der Waals surface area contributed by atoms with Crippen molar-refractivity contribution in [1.82, 2.24) is 9.38 Å². The largest absolute Gasteiger partial charge is 0.481 e. The van der Waals surface area contributed by atoms with Crippen LogP contribution in [-0.4, -0.2) is 20.5 Å². The molecule has 0 saturated carbocycles. The molecule has 0 aliphatic rings. The third kappa shape index (κ3) is 1.57. The van der Waals surface area contributed by atoms with Crippen molar-refractivity contribution in [2.45, 2.75) is 12.8 Å². The highest BCUT2D eigenvalue weighted by Gasteiger charge is 2.18. The molecule has 0 amide bonds. The average Bonchev–Trinajstić information content (AvgIpc) is 2.61. The van der Waals surface area contributed by atoms with E-state index in [4.69, 9.17) is 16.7 Å². The van der Waals surface area contributed by atoms with E-state index >= 15 is 0 Å². The van der Waals surface area contributed by atoms with Crippen LogP contribution in [0.1, 0.15) is 18.5 Å². The summed E-state index contributed by atoms with van der Waals surface area (Å²) in [5.41, 5.74) is 1.21. The Kier molecular flexibility index (Phi) is 2.36. The van der Waals surface area contributed by atoms with Crippen LogP contribution < -0.4 is 0 Å². The minimum absolute atomic E-state index is 0.515. The van der Waals surface area contributed by atoms with Gasteiger partial charge < -0.3 is 9.51 Å². The zero-order chi connectivity index (χ0) is 11.0. The topological polar surface area (TPSA) is 54.6 Å². The Morgan fingerprint density at radius 1 is 1.67 bits per heavy atom. The molecule has 2 aromatic rings. The first-order valence-corrected chi connectivity index (χ1v) is 4.83. The van der Waals surface area contributed by atoms with Crippen LogP contribution in [0.5, 0.6) is 0 Å². The van der Waals surface area contributed by atoms with Crippen molar-refractivity contribution in [3.63, 3.8) is 0 Å². The number of fused-ring (bicyclic) bond motifs is 1. The number of imidazole rings is 1. The molecular weight excluding hydrogens is 216 g/mol. The van der Waals surface area contributed by atoms with Gasteiger partial charge in [0, 0.05) is 6.20 Å². The van der Waals surface area contributed by atoms with Gasteiger partial charge in [-0.3, -0.25) is 4.79 Å². The van der Waals surface area contributed by atoms with E-state index in [1.165, 1.54) is 0 Å². The number of nitrogens with zero attached hydrogens (tertiary/aromatic N) is 2. The van der Waals surface area contributed by atoms with E-state index in [2.05, 4.69) is 4.98 Å². The first-order valence-electron chi connectivity index (χ1n) is 4.45. The lowest BCUT2D eigenvalue weighted by Crippen LogP contribution is -2.09. The van der Waals surface area contributed by atoms with Gasteiger partial charge in [-0.15, -0.1) is 0 Å². The molecular formula is C10H9ClN2O2. The number of aliphatic carboxylic acids is 1. The van der Waals surface area contributed by atoms with E-state index in [0.29, 0.717) is 16.4 Å². The number of carboxylic acid groups (broad SMARTS) is 1. The molecule has 1 N–H and O–H groups in total. The fraction of sp³-hybridized carbons (Fsp3) is 0.200. The van der Waals surface area contributed by atoms with Crippen molar-refractivity contribution < 1.29 is 9.90 Å². The van der Waals surface area contributed by atoms with Crippen LogP contribution in [0.4, 0.5) is 0 Å². The number of carbonyl (C=O) groups is 1. The summed E-state index contributed by atoms with van der Waals surface area (Å²) in [6.45, 7) is 1.62. The standard InChI is InChI=1S/C10H9ClN2O2/c1-6(10(14)15)8-5-12-9-7(11)3-2-4-13(8)9/h2-6H,1H3,(H,14,15). The normalized spacial score (nSPS) is 12.9. The highest BCUT2D eigenvalue weighted by Crippen LogP contribution is 2.21. The fourth-order valence-electron chi connectivity index (χ4n) is 1.44. The van der Waals surface area contributed by atoms with Gasteiger partial charge in [0.1, 0.15) is 0 Å². The van der Waals surface area contributed by atoms with Gasteiger partial charge in [0.25, 0.3) is 0 Å². The van der Waals surface area contributed by atoms with Crippen LogP contribution in [0.25, 0.3) is 5.65 Å². The van der Waals surface area contributed by atoms with Gasteiger partial charge in [0.15, 0.2) is 5.65 Å². The van der Waals surface area contributed by atoms with Crippen LogP contribution in [-0.2, 0) is 4.79 Å². The van der Waals surface area contributed by atoms with Crippen molar-refractivity contribution in [1.29, 1.82) is 0 Å². The Hall–Kier alpha value is -1.55. The number of pyridine rings is 1. The number of rotatable bonds is 2. The fourth-order valence-corrected chi connectivity index (χ4v) is 1.66. The van der Waals surface area contributed by atoms with Crippen LogP contribution >= 0.6 is 11.6 Å². The second-order valence-corrected chi connectivity index (χ2v) is 3.70. The van der Waals surface area contributed by atoms with E-state index in [9.17, 15) is 4.79 Å². The molecule has 0 spiro atoms. The predicted molar refractivity (Wildman–Crippen MR) is 56.3 cm³/mol. The van der Waals surface area contributed by atoms with Crippen molar-refractivity contribution in [3.05, 3.63) is 35.2 Å². The van der Waals surface area contributed by atoms with E-state index in [1.54, 1.807) is 35.9 Å². The molecule has 0 saturated heterocycles. The molecule has 5 heteroatoms. The lowest BCUT2D eigenvalue weighted by Gasteiger charge is -2.05. The van der Waals surface area contributed by atoms with Crippen LogP contribution in [0.15, 0.2) is 24.5 Å². The molecule has 2 aromatic heterocycles. The molecule has 15 heavy (non-hydrogen) atoms. The quantitative estimate of drug-likeness (QED) is 0.851. The lowest BCUT2D eigenvalue weighted by atomic mass is 10.1. The molecule has 2 heterocycles. The third-order valence-corrected chi connectivity index (χ3v) is 2.63. The summed E-state index contributed by atoms with van der Waals surface area (Å²) in [4.78, 5) is 14.9. The maximum atomic E-state index is 10.9. The van der Waals surface area contributed by atoms with Gasteiger partial charge in [-0.2, -0.15) is 0 Å². The summed E-state index contributed by atoms with van der Waals surface area (Å²) in [7, 11) is 0. The molecule has 0 aliphatic heterocycles. The smallest absolute Gasteiger partial charge is 0.312 e. The van der Waals surface area contributed by atoms with E-state index < -0.39 is 11.9 Å². The minimum Gasteiger partial charge on any atom is -0.481 e. The number of carboxylic acids is 1. The number of hydrogen-bond acceptors (Lipinski definition) is 2. The Morgan fingerprint density at radius 2 is 2.40 bits per heavy atom. The molecule has 0 bridgehead atoms. The molecule has 78 valence electrons. The van der Waals surface area contributed by atoms with E-state index in [0.717, 1.165) is 0 Å². The molecule has 0 aliphatic carbocycles. The van der Waals surface area contributed by atoms with Gasteiger partial charge in [-0.25, -0.2) is 4.98 Å². The third-order valence-electron chi connectivity index (χ3n) is 2.33. The Bertz CT molecular complexity index is 521. The highest BCUT2D eigenvalue weighted by molar-refractivity contribution is 6.33. The van der Waals surface area contributed by atoms with Gasteiger partial charge in [-0.05, 0) is 19.1 Å². The molecule has 1 atom stereocenters. The van der Waals surface area contributed by atoms with Gasteiger partial charge in [0.2, 0.25) is 0 Å². The summed E-state index contributed by atoms with van der Waals surface area (Å²) < 4.78 is 1.70. The van der Waals surface area contributed by atoms with Gasteiger partial charge in [-0.1, -0.05) is 11.6 Å². The number of aromatic nitrogens is 2. The van der Waals surface area contributed by atoms with E-state index in [1.807, 2.05) is 0 Å². The number of halogens is 1. The Balaban J connectivity index is 2.64. The van der Waals surface area contributed by atoms with Crippen molar-refractivity contribution in [3.8, 4) is 0 Å². The van der Waals surface area contributed by atoms with E-state index in [-0.39, 0.29) is 0 Å². The summed E-state index contributed by atoms with van der Waals surface area (Å²) in [6, 6.07) is 3.48. The minimum atomic E-state index is -0.878. The number of hydrogen-bond donors (Lipinski definition) is 1. The molecule has 0 fully saturated rings. The first-order chi connectivity index (χ1) is 7.11. The molecule has 0 radical (unpaired) electrons. The monoisotopic (exact) mass is 224 g/mol. The lowest BCUT2D eigenvalue weighted by molar-refractivity contribution is -0.138. The SMILES string of the molecule is CC(C(=O)O)c1cnc2c(Cl)cccn12. The van der Waals surface area contributed by atoms with Crippen LogP contribution in [0.3, 0.4) is 0 Å². The second kappa shape index (κ2) is 3.55. The van der Waals surface area contributed by atoms with Crippen LogP contribution in [0, 0.1) is 0 Å². The highest BCUT2D eigenvalue weighted by atomic mass is 35.5.